The number of ether oxygens (including phenoxy) is 1. The van der Waals surface area contributed by atoms with E-state index in [4.69, 9.17) is 10.6 Å². The van der Waals surface area contributed by atoms with Crippen LogP contribution in [-0.4, -0.2) is 28.5 Å². The lowest BCUT2D eigenvalue weighted by molar-refractivity contribution is 0.00711. The van der Waals surface area contributed by atoms with E-state index in [1.54, 1.807) is 11.8 Å². The Morgan fingerprint density at radius 1 is 1.62 bits per heavy atom. The molecule has 1 atom stereocenters. The third kappa shape index (κ3) is 3.92. The highest BCUT2D eigenvalue weighted by Crippen LogP contribution is 2.17. The van der Waals surface area contributed by atoms with Crippen molar-refractivity contribution in [1.82, 2.24) is 15.2 Å². The van der Waals surface area contributed by atoms with E-state index in [0.717, 1.165) is 12.8 Å². The topological polar surface area (TPSA) is 65.1 Å². The molecule has 0 amide bonds. The molecule has 1 unspecified atom stereocenters. The zero-order valence-corrected chi connectivity index (χ0v) is 10.5. The van der Waals surface area contributed by atoms with Crippen LogP contribution in [0.3, 0.4) is 0 Å². The molecule has 1 aromatic rings. The Morgan fingerprint density at radius 2 is 2.31 bits per heavy atom. The van der Waals surface area contributed by atoms with E-state index < -0.39 is 0 Å². The van der Waals surface area contributed by atoms with Gasteiger partial charge in [-0.15, -0.1) is 0 Å². The lowest BCUT2D eigenvalue weighted by atomic mass is 9.95. The summed E-state index contributed by atoms with van der Waals surface area (Å²) in [6.45, 7) is 4.11. The van der Waals surface area contributed by atoms with Crippen molar-refractivity contribution < 1.29 is 4.74 Å². The molecule has 1 heterocycles. The van der Waals surface area contributed by atoms with E-state index in [0.29, 0.717) is 0 Å². The normalized spacial score (nSPS) is 14.1. The molecule has 0 spiro atoms. The van der Waals surface area contributed by atoms with Crippen LogP contribution in [0, 0.1) is 0 Å². The highest BCUT2D eigenvalue weighted by Gasteiger charge is 2.22. The van der Waals surface area contributed by atoms with Crippen LogP contribution in [-0.2, 0) is 18.2 Å². The molecule has 1 aromatic heterocycles. The van der Waals surface area contributed by atoms with Crippen LogP contribution < -0.4 is 11.3 Å². The summed E-state index contributed by atoms with van der Waals surface area (Å²) in [4.78, 5) is 0. The molecular weight excluding hydrogens is 204 g/mol. The van der Waals surface area contributed by atoms with E-state index in [2.05, 4.69) is 24.4 Å². The Bertz CT molecular complexity index is 322. The summed E-state index contributed by atoms with van der Waals surface area (Å²) in [6.07, 6.45) is 5.58. The molecule has 0 fully saturated rings. The van der Waals surface area contributed by atoms with Crippen molar-refractivity contribution in [2.24, 2.45) is 12.9 Å². The molecule has 0 saturated heterocycles. The van der Waals surface area contributed by atoms with Crippen molar-refractivity contribution >= 4 is 0 Å². The van der Waals surface area contributed by atoms with Gasteiger partial charge in [-0.05, 0) is 32.3 Å². The third-order valence-corrected chi connectivity index (χ3v) is 2.77. The summed E-state index contributed by atoms with van der Waals surface area (Å²) < 4.78 is 7.19. The zero-order chi connectivity index (χ0) is 12.2. The fourth-order valence-electron chi connectivity index (χ4n) is 1.73. The molecular formula is C11H22N4O. The molecule has 5 heteroatoms. The van der Waals surface area contributed by atoms with Gasteiger partial charge in [0.25, 0.3) is 0 Å². The van der Waals surface area contributed by atoms with E-state index in [1.165, 1.54) is 5.56 Å². The highest BCUT2D eigenvalue weighted by molar-refractivity contribution is 5.06. The summed E-state index contributed by atoms with van der Waals surface area (Å²) in [5.74, 6) is 5.56. The first-order valence-corrected chi connectivity index (χ1v) is 5.45. The second-order valence-corrected chi connectivity index (χ2v) is 4.76. The number of hydrogen-bond acceptors (Lipinski definition) is 4. The van der Waals surface area contributed by atoms with Gasteiger partial charge < -0.3 is 4.74 Å². The maximum absolute atomic E-state index is 5.56. The molecule has 0 saturated carbocycles. The number of rotatable bonds is 6. The summed E-state index contributed by atoms with van der Waals surface area (Å²) in [7, 11) is 3.63. The fraction of sp³-hybridized carbons (Fsp3) is 0.727. The van der Waals surface area contributed by atoms with Crippen LogP contribution in [0.1, 0.15) is 25.8 Å². The van der Waals surface area contributed by atoms with E-state index in [1.807, 2.05) is 19.4 Å². The number of aromatic nitrogens is 2. The molecule has 0 aromatic carbocycles. The third-order valence-electron chi connectivity index (χ3n) is 2.77. The number of nitrogens with two attached hydrogens (primary N) is 1. The molecule has 92 valence electrons. The van der Waals surface area contributed by atoms with Crippen LogP contribution in [0.25, 0.3) is 0 Å². The van der Waals surface area contributed by atoms with Gasteiger partial charge in [-0.1, -0.05) is 0 Å². The monoisotopic (exact) mass is 226 g/mol. The van der Waals surface area contributed by atoms with Crippen molar-refractivity contribution in [3.05, 3.63) is 18.0 Å². The first-order chi connectivity index (χ1) is 7.46. The largest absolute Gasteiger partial charge is 0.379 e. The van der Waals surface area contributed by atoms with Crippen molar-refractivity contribution in [2.45, 2.75) is 38.3 Å². The van der Waals surface area contributed by atoms with Crippen molar-refractivity contribution in [2.75, 3.05) is 7.11 Å². The number of nitrogens with zero attached hydrogens (tertiary/aromatic N) is 2. The quantitative estimate of drug-likeness (QED) is 0.551. The average molecular weight is 226 g/mol. The summed E-state index contributed by atoms with van der Waals surface area (Å²) in [5, 5.41) is 4.14. The SMILES string of the molecule is COC(C)(C)CC(Cc1cnn(C)c1)NN. The van der Waals surface area contributed by atoms with Gasteiger partial charge in [0.1, 0.15) is 0 Å². The Labute approximate surface area is 96.9 Å². The van der Waals surface area contributed by atoms with Gasteiger partial charge in [0.2, 0.25) is 0 Å². The van der Waals surface area contributed by atoms with Crippen LogP contribution in [0.5, 0.6) is 0 Å². The first kappa shape index (κ1) is 13.2. The highest BCUT2D eigenvalue weighted by atomic mass is 16.5. The fourth-order valence-corrected chi connectivity index (χ4v) is 1.73. The lowest BCUT2D eigenvalue weighted by Crippen LogP contribution is -2.42. The van der Waals surface area contributed by atoms with Gasteiger partial charge in [0, 0.05) is 26.4 Å². The number of hydrazine groups is 1. The van der Waals surface area contributed by atoms with Gasteiger partial charge in [-0.3, -0.25) is 16.0 Å². The van der Waals surface area contributed by atoms with Gasteiger partial charge in [0.05, 0.1) is 11.8 Å². The maximum Gasteiger partial charge on any atom is 0.0638 e. The summed E-state index contributed by atoms with van der Waals surface area (Å²) >= 11 is 0. The van der Waals surface area contributed by atoms with Gasteiger partial charge in [-0.25, -0.2) is 0 Å². The molecule has 3 N–H and O–H groups in total. The maximum atomic E-state index is 5.56. The van der Waals surface area contributed by atoms with Crippen LogP contribution in [0.4, 0.5) is 0 Å². The minimum Gasteiger partial charge on any atom is -0.379 e. The molecule has 0 aliphatic heterocycles. The Hall–Kier alpha value is -0.910. The second-order valence-electron chi connectivity index (χ2n) is 4.76. The van der Waals surface area contributed by atoms with Crippen molar-refractivity contribution in [1.29, 1.82) is 0 Å². The smallest absolute Gasteiger partial charge is 0.0638 e. The van der Waals surface area contributed by atoms with E-state index in [9.17, 15) is 0 Å². The predicted octanol–water partition coefficient (Wildman–Crippen LogP) is 0.610. The molecule has 0 aliphatic rings. The van der Waals surface area contributed by atoms with Crippen LogP contribution >= 0.6 is 0 Å². The second kappa shape index (κ2) is 5.43. The van der Waals surface area contributed by atoms with Crippen molar-refractivity contribution in [3.8, 4) is 0 Å². The van der Waals surface area contributed by atoms with Crippen molar-refractivity contribution in [3.63, 3.8) is 0 Å². The Morgan fingerprint density at radius 3 is 2.75 bits per heavy atom. The minimum atomic E-state index is -0.167. The molecule has 16 heavy (non-hydrogen) atoms. The average Bonchev–Trinajstić information content (AvgIpc) is 2.63. The van der Waals surface area contributed by atoms with E-state index in [-0.39, 0.29) is 11.6 Å². The van der Waals surface area contributed by atoms with E-state index >= 15 is 0 Å². The minimum absolute atomic E-state index is 0.167. The Kier molecular flexibility index (Phi) is 4.46. The Balaban J connectivity index is 2.55. The van der Waals surface area contributed by atoms with Gasteiger partial charge >= 0.3 is 0 Å². The van der Waals surface area contributed by atoms with Gasteiger partial charge in [0.15, 0.2) is 0 Å². The standard InChI is InChI=1S/C11H22N4O/c1-11(2,16-4)6-10(14-12)5-9-7-13-15(3)8-9/h7-8,10,14H,5-6,12H2,1-4H3. The molecule has 1 rings (SSSR count). The van der Waals surface area contributed by atoms with Crippen LogP contribution in [0.15, 0.2) is 12.4 Å². The zero-order valence-electron chi connectivity index (χ0n) is 10.5. The number of aryl methyl sites for hydroxylation is 1. The predicted molar refractivity (Wildman–Crippen MR) is 63.7 cm³/mol. The summed E-state index contributed by atoms with van der Waals surface area (Å²) in [5.41, 5.74) is 3.84. The number of nitrogens with one attached hydrogen (secondary N) is 1. The molecule has 5 nitrogen and oxygen atoms in total. The lowest BCUT2D eigenvalue weighted by Gasteiger charge is -2.27. The number of methoxy groups -OCH3 is 1. The molecule has 0 bridgehead atoms. The van der Waals surface area contributed by atoms with Crippen LogP contribution in [0.2, 0.25) is 0 Å². The number of hydrogen-bond donors (Lipinski definition) is 2. The first-order valence-electron chi connectivity index (χ1n) is 5.45. The molecule has 0 aliphatic carbocycles. The summed E-state index contributed by atoms with van der Waals surface area (Å²) in [6, 6.07) is 0.194. The van der Waals surface area contributed by atoms with Gasteiger partial charge in [-0.2, -0.15) is 5.10 Å². The molecule has 0 radical (unpaired) electrons.